The first kappa shape index (κ1) is 35.0. The van der Waals surface area contributed by atoms with Gasteiger partial charge in [0.1, 0.15) is 0 Å². The maximum atomic E-state index is 10.7. The van der Waals surface area contributed by atoms with Gasteiger partial charge in [-0.1, -0.05) is 31.9 Å². The topological polar surface area (TPSA) is 134 Å². The fourth-order valence-electron chi connectivity index (χ4n) is 1.36. The molecule has 0 aromatic heterocycles. The zero-order valence-corrected chi connectivity index (χ0v) is 19.4. The molecule has 1 atom stereocenters. The van der Waals surface area contributed by atoms with E-state index in [9.17, 15) is 9.59 Å². The molecule has 0 bridgehead atoms. The molecular weight excluding hydrogens is 380 g/mol. The summed E-state index contributed by atoms with van der Waals surface area (Å²) >= 11 is 0. The number of aliphatic hydroxyl groups is 3. The summed E-state index contributed by atoms with van der Waals surface area (Å²) in [5.41, 5.74) is 3.10. The molecule has 0 aliphatic heterocycles. The number of carbonyl (C=O) groups excluding carboxylic acids is 1. The lowest BCUT2D eigenvalue weighted by atomic mass is 10.1. The van der Waals surface area contributed by atoms with E-state index in [0.717, 1.165) is 13.2 Å². The van der Waals surface area contributed by atoms with Crippen molar-refractivity contribution in [2.75, 3.05) is 33.0 Å². The summed E-state index contributed by atoms with van der Waals surface area (Å²) in [6.45, 7) is 16.2. The maximum absolute atomic E-state index is 10.7. The minimum atomic E-state index is -1.55. The molecule has 8 nitrogen and oxygen atoms in total. The number of carboxylic acids is 1. The van der Waals surface area contributed by atoms with Crippen LogP contribution < -0.4 is 0 Å². The molecule has 0 fully saturated rings. The number of carboxylic acid groups (broad SMARTS) is 1. The summed E-state index contributed by atoms with van der Waals surface area (Å²) in [5, 5.41) is 32.3. The Balaban J connectivity index is -0.000000158. The first-order valence-electron chi connectivity index (χ1n) is 10.1. The monoisotopic (exact) mass is 424 g/mol. The van der Waals surface area contributed by atoms with Gasteiger partial charge in [-0.2, -0.15) is 0 Å². The summed E-state index contributed by atoms with van der Waals surface area (Å²) in [5.74, 6) is -2.10. The molecule has 0 amide bonds. The fraction of sp³-hybridized carbons (Fsp3) is 0.810. The molecule has 29 heavy (non-hydrogen) atoms. The van der Waals surface area contributed by atoms with Crippen molar-refractivity contribution in [3.05, 3.63) is 11.1 Å². The number of aliphatic hydroxyl groups excluding tert-OH is 3. The Hall–Kier alpha value is -1.48. The molecule has 176 valence electrons. The van der Waals surface area contributed by atoms with Crippen LogP contribution in [0, 0.1) is 0 Å². The summed E-state index contributed by atoms with van der Waals surface area (Å²) < 4.78 is 9.33. The van der Waals surface area contributed by atoms with Gasteiger partial charge in [-0.3, -0.25) is 4.79 Å². The van der Waals surface area contributed by atoms with Crippen LogP contribution in [0.15, 0.2) is 11.1 Å². The number of esters is 1. The molecule has 8 heteroatoms. The van der Waals surface area contributed by atoms with Crippen molar-refractivity contribution in [2.24, 2.45) is 0 Å². The average Bonchev–Trinajstić information content (AvgIpc) is 2.71. The number of allylic oxidation sites excluding steroid dienone is 2. The molecule has 0 rings (SSSR count). The molecule has 0 aromatic carbocycles. The van der Waals surface area contributed by atoms with Crippen molar-refractivity contribution in [1.29, 1.82) is 0 Å². The highest BCUT2D eigenvalue weighted by atomic mass is 16.5. The predicted molar refractivity (Wildman–Crippen MR) is 115 cm³/mol. The third-order valence-corrected chi connectivity index (χ3v) is 3.39. The van der Waals surface area contributed by atoms with E-state index in [1.165, 1.54) is 12.8 Å². The number of rotatable bonds is 10. The molecule has 0 spiro atoms. The maximum Gasteiger partial charge on any atom is 0.335 e. The van der Waals surface area contributed by atoms with Gasteiger partial charge >= 0.3 is 11.9 Å². The fourth-order valence-corrected chi connectivity index (χ4v) is 1.36. The van der Waals surface area contributed by atoms with E-state index >= 15 is 0 Å². The lowest BCUT2D eigenvalue weighted by Gasteiger charge is -2.06. The molecule has 4 N–H and O–H groups in total. The van der Waals surface area contributed by atoms with Crippen LogP contribution in [0.3, 0.4) is 0 Å². The molecule has 0 saturated heterocycles. The number of aliphatic carboxylic acids is 1. The molecule has 0 aliphatic carbocycles. The van der Waals surface area contributed by atoms with Crippen LogP contribution in [-0.2, 0) is 19.1 Å². The summed E-state index contributed by atoms with van der Waals surface area (Å²) in [6, 6.07) is 0. The van der Waals surface area contributed by atoms with Gasteiger partial charge in [0.2, 0.25) is 0 Å². The number of ether oxygens (including phenoxy) is 2. The lowest BCUT2D eigenvalue weighted by molar-refractivity contribution is -0.158. The number of hydrogen-bond donors (Lipinski definition) is 4. The van der Waals surface area contributed by atoms with Gasteiger partial charge in [-0.05, 0) is 47.0 Å². The Morgan fingerprint density at radius 1 is 0.862 bits per heavy atom. The third kappa shape index (κ3) is 34.4. The van der Waals surface area contributed by atoms with E-state index in [-0.39, 0.29) is 19.8 Å². The molecule has 0 aromatic rings. The Morgan fingerprint density at radius 3 is 1.48 bits per heavy atom. The van der Waals surface area contributed by atoms with Crippen molar-refractivity contribution in [3.8, 4) is 0 Å². The van der Waals surface area contributed by atoms with Crippen molar-refractivity contribution < 1.29 is 39.5 Å². The van der Waals surface area contributed by atoms with Gasteiger partial charge in [-0.15, -0.1) is 0 Å². The molecule has 0 aliphatic rings. The molecule has 0 radical (unpaired) electrons. The van der Waals surface area contributed by atoms with Crippen LogP contribution in [0.4, 0.5) is 0 Å². The van der Waals surface area contributed by atoms with E-state index in [1.807, 2.05) is 13.8 Å². The van der Waals surface area contributed by atoms with Crippen LogP contribution in [0.5, 0.6) is 0 Å². The van der Waals surface area contributed by atoms with E-state index < -0.39 is 24.5 Å². The normalized spacial score (nSPS) is 11.2. The highest BCUT2D eigenvalue weighted by Crippen LogP contribution is 2.09. The Labute approximate surface area is 176 Å². The van der Waals surface area contributed by atoms with E-state index in [1.54, 1.807) is 18.1 Å². The van der Waals surface area contributed by atoms with E-state index in [4.69, 9.17) is 25.2 Å². The van der Waals surface area contributed by atoms with Crippen molar-refractivity contribution in [3.63, 3.8) is 0 Å². The largest absolute Gasteiger partial charge is 0.481 e. The van der Waals surface area contributed by atoms with E-state index in [2.05, 4.69) is 32.4 Å². The standard InChI is InChI=1S/C8H16.C7H12O5.C4H10O.C2H6O2/c1-5-7(3)8(4)6-2;1-2-3-12-7(11)5(8)4-6(9)10;1-3-5-4-2;3-1-2-4/h5-6H2,1-4H3;5,8H,2-4H2,1H3,(H,9,10);3-4H2,1-2H3;3-4H,1-2H2/b8-7+;;;. The summed E-state index contributed by atoms with van der Waals surface area (Å²) in [7, 11) is 0. The van der Waals surface area contributed by atoms with Gasteiger partial charge in [0.05, 0.1) is 26.2 Å². The van der Waals surface area contributed by atoms with Crippen molar-refractivity contribution in [2.45, 2.75) is 80.3 Å². The first-order chi connectivity index (χ1) is 13.6. The number of hydrogen-bond acceptors (Lipinski definition) is 7. The van der Waals surface area contributed by atoms with Crippen LogP contribution in [0.2, 0.25) is 0 Å². The smallest absolute Gasteiger partial charge is 0.335 e. The third-order valence-electron chi connectivity index (χ3n) is 3.39. The van der Waals surface area contributed by atoms with Gasteiger partial charge in [0, 0.05) is 13.2 Å². The Bertz CT molecular complexity index is 378. The first-order valence-corrected chi connectivity index (χ1v) is 10.1. The zero-order valence-electron chi connectivity index (χ0n) is 19.4. The van der Waals surface area contributed by atoms with Crippen LogP contribution >= 0.6 is 0 Å². The lowest BCUT2D eigenvalue weighted by Crippen LogP contribution is -2.26. The molecule has 0 saturated carbocycles. The molecule has 0 heterocycles. The number of carbonyl (C=O) groups is 2. The minimum Gasteiger partial charge on any atom is -0.481 e. The minimum absolute atomic E-state index is 0.125. The average molecular weight is 425 g/mol. The SMILES string of the molecule is CC/C(C)=C(\C)CC.CCCOC(=O)C(O)CC(=O)O.CCOCC.OCCO. The van der Waals surface area contributed by atoms with E-state index in [0.29, 0.717) is 6.42 Å². The highest BCUT2D eigenvalue weighted by molar-refractivity contribution is 5.80. The predicted octanol–water partition coefficient (Wildman–Crippen LogP) is 2.93. The van der Waals surface area contributed by atoms with Crippen LogP contribution in [0.25, 0.3) is 0 Å². The van der Waals surface area contributed by atoms with Crippen molar-refractivity contribution in [1.82, 2.24) is 0 Å². The molecular formula is C21H44O8. The van der Waals surface area contributed by atoms with Crippen LogP contribution in [-0.4, -0.2) is 71.5 Å². The Kier molecular flexibility index (Phi) is 34.7. The van der Waals surface area contributed by atoms with Gasteiger partial charge in [-0.25, -0.2) is 4.79 Å². The van der Waals surface area contributed by atoms with Crippen molar-refractivity contribution >= 4 is 11.9 Å². The summed E-state index contributed by atoms with van der Waals surface area (Å²) in [4.78, 5) is 20.7. The second-order valence-corrected chi connectivity index (χ2v) is 5.78. The zero-order chi connectivity index (χ0) is 23.7. The van der Waals surface area contributed by atoms with Gasteiger partial charge in [0.25, 0.3) is 0 Å². The highest BCUT2D eigenvalue weighted by Gasteiger charge is 2.19. The van der Waals surface area contributed by atoms with Crippen LogP contribution in [0.1, 0.15) is 74.1 Å². The second-order valence-electron chi connectivity index (χ2n) is 5.78. The molecule has 1 unspecified atom stereocenters. The van der Waals surface area contributed by atoms with Gasteiger partial charge < -0.3 is 29.9 Å². The second kappa shape index (κ2) is 28.7. The summed E-state index contributed by atoms with van der Waals surface area (Å²) in [6.07, 6.45) is 0.905. The Morgan fingerprint density at radius 2 is 1.28 bits per heavy atom. The van der Waals surface area contributed by atoms with Gasteiger partial charge in [0.15, 0.2) is 6.10 Å². The quantitative estimate of drug-likeness (QED) is 0.311.